The summed E-state index contributed by atoms with van der Waals surface area (Å²) >= 11 is 0. The third-order valence-corrected chi connectivity index (χ3v) is 5.86. The van der Waals surface area contributed by atoms with Crippen molar-refractivity contribution in [3.63, 3.8) is 0 Å². The summed E-state index contributed by atoms with van der Waals surface area (Å²) in [5.74, 6) is -2.90. The summed E-state index contributed by atoms with van der Waals surface area (Å²) in [5, 5.41) is 27.8. The molecule has 0 bridgehead atoms. The number of benzene rings is 1. The van der Waals surface area contributed by atoms with Crippen LogP contribution in [0.25, 0.3) is 11.5 Å². The monoisotopic (exact) mass is 441 g/mol. The summed E-state index contributed by atoms with van der Waals surface area (Å²) in [6.45, 7) is 7.74. The molecule has 0 aliphatic carbocycles. The van der Waals surface area contributed by atoms with Crippen LogP contribution in [-0.4, -0.2) is 57.0 Å². The van der Waals surface area contributed by atoms with Gasteiger partial charge in [0.25, 0.3) is 0 Å². The minimum absolute atomic E-state index is 0.00860. The fourth-order valence-electron chi connectivity index (χ4n) is 4.16. The summed E-state index contributed by atoms with van der Waals surface area (Å²) in [4.78, 5) is 26.5. The molecule has 1 unspecified atom stereocenters. The molecule has 9 heteroatoms. The molecule has 0 fully saturated rings. The minimum Gasteiger partial charge on any atom is -0.478 e. The topological polar surface area (TPSA) is 126 Å². The molecule has 0 spiro atoms. The summed E-state index contributed by atoms with van der Waals surface area (Å²) in [5.41, 5.74) is 2.07. The fraction of sp³-hybridized carbons (Fsp3) is 0.391. The molecule has 1 aromatic heterocycles. The molecule has 0 amide bonds. The number of hydrogen-bond donors (Lipinski definition) is 2. The van der Waals surface area contributed by atoms with Crippen molar-refractivity contribution >= 4 is 11.9 Å². The van der Waals surface area contributed by atoms with Crippen LogP contribution in [0, 0.1) is 5.92 Å². The van der Waals surface area contributed by atoms with Gasteiger partial charge < -0.3 is 24.3 Å². The van der Waals surface area contributed by atoms with Gasteiger partial charge in [-0.15, -0.1) is 10.2 Å². The smallest absolute Gasteiger partial charge is 0.334 e. The number of aromatic nitrogens is 2. The van der Waals surface area contributed by atoms with Crippen molar-refractivity contribution in [2.75, 3.05) is 13.7 Å². The number of ether oxygens (including phenoxy) is 1. The maximum absolute atomic E-state index is 12.4. The predicted molar refractivity (Wildman–Crippen MR) is 115 cm³/mol. The SMILES string of the molecule is COC(CN1C(C)=C(C(=O)O)C(c2cccc(-c3nnco3)c2)C(C(=O)O)=C1C)C(C)C. The normalized spacial score (nSPS) is 16.1. The first kappa shape index (κ1) is 23.2. The summed E-state index contributed by atoms with van der Waals surface area (Å²) in [7, 11) is 1.59. The molecule has 2 aromatic rings. The average molecular weight is 441 g/mol. The van der Waals surface area contributed by atoms with E-state index < -0.39 is 17.9 Å². The molecule has 1 aliphatic rings. The lowest BCUT2D eigenvalue weighted by atomic mass is 9.79. The molecule has 2 heterocycles. The van der Waals surface area contributed by atoms with Crippen molar-refractivity contribution in [1.29, 1.82) is 0 Å². The van der Waals surface area contributed by atoms with Gasteiger partial charge in [-0.1, -0.05) is 26.0 Å². The van der Waals surface area contributed by atoms with Crippen LogP contribution in [0.15, 0.2) is 57.6 Å². The van der Waals surface area contributed by atoms with E-state index in [-0.39, 0.29) is 29.1 Å². The molecule has 0 saturated carbocycles. The Kier molecular flexibility index (Phi) is 6.78. The molecule has 1 atom stereocenters. The van der Waals surface area contributed by atoms with Crippen LogP contribution in [-0.2, 0) is 14.3 Å². The van der Waals surface area contributed by atoms with Crippen LogP contribution < -0.4 is 0 Å². The van der Waals surface area contributed by atoms with Crippen LogP contribution in [0.5, 0.6) is 0 Å². The number of allylic oxidation sites excluding steroid dienone is 2. The van der Waals surface area contributed by atoms with Gasteiger partial charge in [0.2, 0.25) is 12.3 Å². The van der Waals surface area contributed by atoms with E-state index in [0.29, 0.717) is 29.1 Å². The van der Waals surface area contributed by atoms with Crippen molar-refractivity contribution in [3.8, 4) is 11.5 Å². The van der Waals surface area contributed by atoms with Gasteiger partial charge in [-0.05, 0) is 37.5 Å². The third kappa shape index (κ3) is 4.29. The first-order chi connectivity index (χ1) is 15.2. The van der Waals surface area contributed by atoms with Gasteiger partial charge in [0.1, 0.15) is 0 Å². The first-order valence-electron chi connectivity index (χ1n) is 10.2. The minimum atomic E-state index is -1.18. The number of carboxylic acid groups (broad SMARTS) is 2. The third-order valence-electron chi connectivity index (χ3n) is 5.86. The molecule has 0 radical (unpaired) electrons. The van der Waals surface area contributed by atoms with Gasteiger partial charge >= 0.3 is 11.9 Å². The molecular weight excluding hydrogens is 414 g/mol. The quantitative estimate of drug-likeness (QED) is 0.632. The van der Waals surface area contributed by atoms with Crippen LogP contribution in [0.4, 0.5) is 0 Å². The van der Waals surface area contributed by atoms with E-state index in [1.54, 1.807) is 50.1 Å². The zero-order chi connectivity index (χ0) is 23.6. The average Bonchev–Trinajstić information content (AvgIpc) is 3.27. The van der Waals surface area contributed by atoms with E-state index in [1.165, 1.54) is 6.39 Å². The van der Waals surface area contributed by atoms with Crippen molar-refractivity contribution in [2.24, 2.45) is 5.92 Å². The van der Waals surface area contributed by atoms with Crippen molar-refractivity contribution in [2.45, 2.75) is 39.7 Å². The summed E-state index contributed by atoms with van der Waals surface area (Å²) in [6.07, 6.45) is 0.989. The number of nitrogens with zero attached hydrogens (tertiary/aromatic N) is 3. The summed E-state index contributed by atoms with van der Waals surface area (Å²) in [6, 6.07) is 6.85. The van der Waals surface area contributed by atoms with Crippen LogP contribution in [0.2, 0.25) is 0 Å². The Bertz CT molecular complexity index is 1030. The molecule has 0 saturated heterocycles. The first-order valence-corrected chi connectivity index (χ1v) is 10.2. The summed E-state index contributed by atoms with van der Waals surface area (Å²) < 4.78 is 10.8. The molecule has 32 heavy (non-hydrogen) atoms. The Morgan fingerprint density at radius 1 is 1.16 bits per heavy atom. The van der Waals surface area contributed by atoms with E-state index in [1.807, 2.05) is 13.8 Å². The largest absolute Gasteiger partial charge is 0.478 e. The van der Waals surface area contributed by atoms with Gasteiger partial charge in [-0.2, -0.15) is 0 Å². The van der Waals surface area contributed by atoms with E-state index in [0.717, 1.165) is 0 Å². The lowest BCUT2D eigenvalue weighted by Crippen LogP contribution is -2.40. The Balaban J connectivity index is 2.18. The highest BCUT2D eigenvalue weighted by molar-refractivity contribution is 5.98. The Morgan fingerprint density at radius 3 is 2.25 bits per heavy atom. The molecule has 1 aliphatic heterocycles. The van der Waals surface area contributed by atoms with E-state index >= 15 is 0 Å². The maximum Gasteiger partial charge on any atom is 0.334 e. The van der Waals surface area contributed by atoms with Crippen molar-refractivity contribution in [1.82, 2.24) is 15.1 Å². The Labute approximate surface area is 186 Å². The molecular formula is C23H27N3O6. The number of rotatable bonds is 8. The molecule has 2 N–H and O–H groups in total. The van der Waals surface area contributed by atoms with E-state index in [4.69, 9.17) is 9.15 Å². The Hall–Kier alpha value is -3.46. The Morgan fingerprint density at radius 2 is 1.78 bits per heavy atom. The van der Waals surface area contributed by atoms with Crippen LogP contribution in [0.1, 0.15) is 39.2 Å². The van der Waals surface area contributed by atoms with Gasteiger partial charge in [0.05, 0.1) is 23.2 Å². The standard InChI is InChI=1S/C23H27N3O6/c1-12(2)17(31-5)10-26-13(3)18(22(27)28)20(19(14(26)4)23(29)30)15-7-6-8-16(9-15)21-25-24-11-32-21/h6-9,11-12,17,20H,10H2,1-5H3,(H,27,28)(H,29,30). The zero-order valence-corrected chi connectivity index (χ0v) is 18.7. The van der Waals surface area contributed by atoms with Gasteiger partial charge in [-0.25, -0.2) is 9.59 Å². The fourth-order valence-corrected chi connectivity index (χ4v) is 4.16. The lowest BCUT2D eigenvalue weighted by molar-refractivity contribution is -0.133. The highest BCUT2D eigenvalue weighted by atomic mass is 16.5. The molecule has 3 rings (SSSR count). The second-order valence-electron chi connectivity index (χ2n) is 8.04. The molecule has 9 nitrogen and oxygen atoms in total. The number of hydrogen-bond acceptors (Lipinski definition) is 7. The highest BCUT2D eigenvalue weighted by Crippen LogP contribution is 2.43. The molecule has 1 aromatic carbocycles. The maximum atomic E-state index is 12.4. The number of carbonyl (C=O) groups is 2. The van der Waals surface area contributed by atoms with Gasteiger partial charge in [0, 0.05) is 30.6 Å². The van der Waals surface area contributed by atoms with E-state index in [2.05, 4.69) is 10.2 Å². The van der Waals surface area contributed by atoms with Crippen LogP contribution in [0.3, 0.4) is 0 Å². The van der Waals surface area contributed by atoms with Gasteiger partial charge in [-0.3, -0.25) is 0 Å². The highest BCUT2D eigenvalue weighted by Gasteiger charge is 2.40. The molecule has 170 valence electrons. The van der Waals surface area contributed by atoms with Crippen molar-refractivity contribution < 1.29 is 29.0 Å². The van der Waals surface area contributed by atoms with Crippen molar-refractivity contribution in [3.05, 3.63) is 58.8 Å². The number of aliphatic carboxylic acids is 2. The van der Waals surface area contributed by atoms with Gasteiger partial charge in [0.15, 0.2) is 0 Å². The van der Waals surface area contributed by atoms with E-state index in [9.17, 15) is 19.8 Å². The predicted octanol–water partition coefficient (Wildman–Crippen LogP) is 3.52. The zero-order valence-electron chi connectivity index (χ0n) is 18.7. The lowest BCUT2D eigenvalue weighted by Gasteiger charge is -2.39. The van der Waals surface area contributed by atoms with Crippen LogP contribution >= 0.6 is 0 Å². The number of carboxylic acids is 2. The number of methoxy groups -OCH3 is 1. The second kappa shape index (κ2) is 9.35. The second-order valence-corrected chi connectivity index (χ2v) is 8.04.